The third-order valence-electron chi connectivity index (χ3n) is 2.73. The lowest BCUT2D eigenvalue weighted by Crippen LogP contribution is -1.95. The molecular formula is C13H10ClN3S. The molecule has 0 bridgehead atoms. The molecule has 0 amide bonds. The van der Waals surface area contributed by atoms with Gasteiger partial charge < -0.3 is 5.32 Å². The van der Waals surface area contributed by atoms with Gasteiger partial charge in [0, 0.05) is 18.0 Å². The fourth-order valence-electron chi connectivity index (χ4n) is 1.93. The van der Waals surface area contributed by atoms with Crippen LogP contribution in [0.3, 0.4) is 0 Å². The average molecular weight is 276 g/mol. The summed E-state index contributed by atoms with van der Waals surface area (Å²) in [6.07, 6.45) is 0. The number of benzene rings is 1. The molecule has 90 valence electrons. The van der Waals surface area contributed by atoms with Crippen LogP contribution in [0.2, 0.25) is 5.28 Å². The van der Waals surface area contributed by atoms with Crippen LogP contribution in [0.4, 0.5) is 5.82 Å². The number of hydrogen-bond donors (Lipinski definition) is 1. The van der Waals surface area contributed by atoms with Crippen LogP contribution in [0, 0.1) is 0 Å². The lowest BCUT2D eigenvalue weighted by molar-refractivity contribution is 1.22. The van der Waals surface area contributed by atoms with Gasteiger partial charge in [-0.15, -0.1) is 11.3 Å². The molecular weight excluding hydrogens is 266 g/mol. The number of nitrogens with zero attached hydrogens (tertiary/aromatic N) is 2. The quantitative estimate of drug-likeness (QED) is 0.717. The minimum atomic E-state index is 0.272. The number of rotatable bonds is 2. The van der Waals surface area contributed by atoms with Gasteiger partial charge in [-0.3, -0.25) is 0 Å². The van der Waals surface area contributed by atoms with Gasteiger partial charge in [-0.2, -0.15) is 0 Å². The molecule has 2 aromatic heterocycles. The van der Waals surface area contributed by atoms with Gasteiger partial charge in [0.05, 0.1) is 5.39 Å². The van der Waals surface area contributed by atoms with E-state index in [1.165, 1.54) is 0 Å². The van der Waals surface area contributed by atoms with E-state index < -0.39 is 0 Å². The molecule has 1 aromatic carbocycles. The minimum absolute atomic E-state index is 0.272. The zero-order valence-electron chi connectivity index (χ0n) is 9.64. The van der Waals surface area contributed by atoms with Gasteiger partial charge >= 0.3 is 0 Å². The number of halogens is 1. The molecule has 0 radical (unpaired) electrons. The van der Waals surface area contributed by atoms with E-state index in [0.29, 0.717) is 0 Å². The van der Waals surface area contributed by atoms with Crippen LogP contribution in [-0.4, -0.2) is 17.0 Å². The molecule has 0 saturated heterocycles. The summed E-state index contributed by atoms with van der Waals surface area (Å²) in [5, 5.41) is 6.46. The van der Waals surface area contributed by atoms with Gasteiger partial charge in [0.2, 0.25) is 5.28 Å². The Kier molecular flexibility index (Phi) is 2.89. The highest BCUT2D eigenvalue weighted by Gasteiger charge is 2.13. The molecule has 5 heteroatoms. The van der Waals surface area contributed by atoms with Crippen LogP contribution in [0.25, 0.3) is 21.3 Å². The fraction of sp³-hybridized carbons (Fsp3) is 0.0769. The second-order valence-electron chi connectivity index (χ2n) is 3.79. The SMILES string of the molecule is CNc1nc(Cl)nc2scc(-c3ccccc3)c12. The number of aromatic nitrogens is 2. The van der Waals surface area contributed by atoms with E-state index in [1.54, 1.807) is 11.3 Å². The Bertz CT molecular complexity index is 694. The van der Waals surface area contributed by atoms with Gasteiger partial charge in [0.25, 0.3) is 0 Å². The fourth-order valence-corrected chi connectivity index (χ4v) is 3.09. The molecule has 0 aliphatic rings. The number of fused-ring (bicyclic) bond motifs is 1. The first-order chi connectivity index (χ1) is 8.79. The number of nitrogens with one attached hydrogen (secondary N) is 1. The van der Waals surface area contributed by atoms with Gasteiger partial charge in [-0.25, -0.2) is 9.97 Å². The van der Waals surface area contributed by atoms with Crippen LogP contribution in [-0.2, 0) is 0 Å². The summed E-state index contributed by atoms with van der Waals surface area (Å²) in [6.45, 7) is 0. The highest BCUT2D eigenvalue weighted by Crippen LogP contribution is 2.37. The van der Waals surface area contributed by atoms with E-state index in [0.717, 1.165) is 27.2 Å². The maximum Gasteiger partial charge on any atom is 0.225 e. The Hall–Kier alpha value is -1.65. The topological polar surface area (TPSA) is 37.8 Å². The molecule has 0 spiro atoms. The van der Waals surface area contributed by atoms with Crippen molar-refractivity contribution in [1.82, 2.24) is 9.97 Å². The molecule has 0 aliphatic carbocycles. The average Bonchev–Trinajstić information content (AvgIpc) is 2.82. The van der Waals surface area contributed by atoms with Crippen LogP contribution in [0.1, 0.15) is 0 Å². The zero-order valence-corrected chi connectivity index (χ0v) is 11.2. The smallest absolute Gasteiger partial charge is 0.225 e. The zero-order chi connectivity index (χ0) is 12.5. The normalized spacial score (nSPS) is 10.8. The van der Waals surface area contributed by atoms with E-state index in [1.807, 2.05) is 25.2 Å². The lowest BCUT2D eigenvalue weighted by atomic mass is 10.1. The summed E-state index contributed by atoms with van der Waals surface area (Å²) in [7, 11) is 1.84. The number of hydrogen-bond acceptors (Lipinski definition) is 4. The predicted molar refractivity (Wildman–Crippen MR) is 77.4 cm³/mol. The van der Waals surface area contributed by atoms with Crippen LogP contribution in [0.5, 0.6) is 0 Å². The van der Waals surface area contributed by atoms with Crippen LogP contribution in [0.15, 0.2) is 35.7 Å². The minimum Gasteiger partial charge on any atom is -0.372 e. The molecule has 0 unspecified atom stereocenters. The van der Waals surface area contributed by atoms with Crippen molar-refractivity contribution in [2.45, 2.75) is 0 Å². The molecule has 2 heterocycles. The van der Waals surface area contributed by atoms with Crippen molar-refractivity contribution in [3.8, 4) is 11.1 Å². The summed E-state index contributed by atoms with van der Waals surface area (Å²) in [4.78, 5) is 9.39. The lowest BCUT2D eigenvalue weighted by Gasteiger charge is -2.05. The maximum atomic E-state index is 5.90. The first-order valence-corrected chi connectivity index (χ1v) is 6.73. The van der Waals surface area contributed by atoms with Crippen molar-refractivity contribution < 1.29 is 0 Å². The van der Waals surface area contributed by atoms with Crippen LogP contribution < -0.4 is 5.32 Å². The third-order valence-corrected chi connectivity index (χ3v) is 3.77. The summed E-state index contributed by atoms with van der Waals surface area (Å²) < 4.78 is 0. The second-order valence-corrected chi connectivity index (χ2v) is 4.98. The van der Waals surface area contributed by atoms with Crippen molar-refractivity contribution in [3.63, 3.8) is 0 Å². The van der Waals surface area contributed by atoms with Gasteiger partial charge in [0.15, 0.2) is 0 Å². The van der Waals surface area contributed by atoms with Gasteiger partial charge in [0.1, 0.15) is 10.6 Å². The van der Waals surface area contributed by atoms with E-state index >= 15 is 0 Å². The third kappa shape index (κ3) is 1.83. The summed E-state index contributed by atoms with van der Waals surface area (Å²) >= 11 is 7.48. The monoisotopic (exact) mass is 275 g/mol. The standard InChI is InChI=1S/C13H10ClN3S/c1-15-11-10-9(8-5-3-2-4-6-8)7-18-12(10)17-13(14)16-11/h2-7H,1H3,(H,15,16,17). The Balaban J connectivity index is 2.32. The summed E-state index contributed by atoms with van der Waals surface area (Å²) in [5.74, 6) is 0.769. The van der Waals surface area contributed by atoms with Crippen molar-refractivity contribution in [2.75, 3.05) is 12.4 Å². The van der Waals surface area contributed by atoms with Gasteiger partial charge in [-0.1, -0.05) is 30.3 Å². The maximum absolute atomic E-state index is 5.90. The second kappa shape index (κ2) is 4.55. The van der Waals surface area contributed by atoms with Crippen molar-refractivity contribution in [3.05, 3.63) is 41.0 Å². The molecule has 18 heavy (non-hydrogen) atoms. The van der Waals surface area contributed by atoms with Crippen molar-refractivity contribution in [1.29, 1.82) is 0 Å². The summed E-state index contributed by atoms with van der Waals surface area (Å²) in [6, 6.07) is 10.2. The number of anilines is 1. The van der Waals surface area contributed by atoms with E-state index in [9.17, 15) is 0 Å². The predicted octanol–water partition coefficient (Wildman–Crippen LogP) is 4.05. The van der Waals surface area contributed by atoms with Crippen molar-refractivity contribution >= 4 is 39.0 Å². The molecule has 0 atom stereocenters. The first kappa shape index (κ1) is 11.4. The van der Waals surface area contributed by atoms with E-state index in [-0.39, 0.29) is 5.28 Å². The largest absolute Gasteiger partial charge is 0.372 e. The Morgan fingerprint density at radius 3 is 2.67 bits per heavy atom. The first-order valence-electron chi connectivity index (χ1n) is 5.47. The van der Waals surface area contributed by atoms with E-state index in [4.69, 9.17) is 11.6 Å². The molecule has 0 saturated carbocycles. The summed E-state index contributed by atoms with van der Waals surface area (Å²) in [5.41, 5.74) is 2.29. The highest BCUT2D eigenvalue weighted by molar-refractivity contribution is 7.17. The Morgan fingerprint density at radius 2 is 1.94 bits per heavy atom. The van der Waals surface area contributed by atoms with Crippen LogP contribution >= 0.6 is 22.9 Å². The molecule has 0 fully saturated rings. The molecule has 0 aliphatic heterocycles. The molecule has 3 rings (SSSR count). The molecule has 3 nitrogen and oxygen atoms in total. The Labute approximate surface area is 113 Å². The van der Waals surface area contributed by atoms with Crippen molar-refractivity contribution in [2.24, 2.45) is 0 Å². The molecule has 3 aromatic rings. The Morgan fingerprint density at radius 1 is 1.17 bits per heavy atom. The molecule has 1 N–H and O–H groups in total. The van der Waals surface area contributed by atoms with Gasteiger partial charge in [-0.05, 0) is 17.2 Å². The number of thiophene rings is 1. The highest BCUT2D eigenvalue weighted by atomic mass is 35.5. The van der Waals surface area contributed by atoms with E-state index in [2.05, 4.69) is 32.8 Å².